The molecule has 5 nitrogen and oxygen atoms in total. The molecule has 1 fully saturated rings. The summed E-state index contributed by atoms with van der Waals surface area (Å²) in [7, 11) is 0. The number of rotatable bonds is 3. The van der Waals surface area contributed by atoms with Crippen LogP contribution in [0.15, 0.2) is 42.5 Å². The number of carbonyl (C=O) groups excluding carboxylic acids is 3. The van der Waals surface area contributed by atoms with Crippen LogP contribution in [0.25, 0.3) is 0 Å². The predicted octanol–water partition coefficient (Wildman–Crippen LogP) is 3.13. The van der Waals surface area contributed by atoms with E-state index in [1.165, 1.54) is 6.42 Å². The van der Waals surface area contributed by atoms with E-state index in [9.17, 15) is 14.4 Å². The summed E-state index contributed by atoms with van der Waals surface area (Å²) < 4.78 is 0. The van der Waals surface area contributed by atoms with Gasteiger partial charge in [0.1, 0.15) is 0 Å². The first-order valence-corrected chi connectivity index (χ1v) is 9.38. The normalized spacial score (nSPS) is 19.4. The summed E-state index contributed by atoms with van der Waals surface area (Å²) in [5.41, 5.74) is 1.86. The van der Waals surface area contributed by atoms with Crippen LogP contribution in [0.5, 0.6) is 0 Å². The molecule has 2 aromatic rings. The highest BCUT2D eigenvalue weighted by molar-refractivity contribution is 6.30. The number of hydrogen-bond donors (Lipinski definition) is 1. The number of anilines is 1. The number of piperidine rings is 1. The molecule has 0 bridgehead atoms. The molecule has 5 heteroatoms. The lowest BCUT2D eigenvalue weighted by Crippen LogP contribution is -2.40. The van der Waals surface area contributed by atoms with Gasteiger partial charge in [0.25, 0.3) is 0 Å². The van der Waals surface area contributed by atoms with E-state index in [0.29, 0.717) is 40.4 Å². The Bertz CT molecular complexity index is 935. The molecular formula is C22H22N2O3. The zero-order chi connectivity index (χ0) is 19.0. The SMILES string of the molecule is CC1CCCN(CC(=O)Nc2cccc3c2C(=O)c2ccccc2C3=O)C1. The van der Waals surface area contributed by atoms with Gasteiger partial charge in [-0.15, -0.1) is 0 Å². The average Bonchev–Trinajstić information content (AvgIpc) is 2.66. The van der Waals surface area contributed by atoms with Crippen molar-refractivity contribution in [3.05, 3.63) is 64.7 Å². The summed E-state index contributed by atoms with van der Waals surface area (Å²) in [6, 6.07) is 11.9. The number of nitrogens with zero attached hydrogens (tertiary/aromatic N) is 1. The standard InChI is InChI=1S/C22H22N2O3/c1-14-6-5-11-24(12-14)13-19(25)23-18-10-4-9-17-20(18)22(27)16-8-3-2-7-15(16)21(17)26/h2-4,7-10,14H,5-6,11-13H2,1H3,(H,23,25). The highest BCUT2D eigenvalue weighted by Crippen LogP contribution is 2.31. The van der Waals surface area contributed by atoms with E-state index in [1.54, 1.807) is 42.5 Å². The fraction of sp³-hybridized carbons (Fsp3) is 0.318. The van der Waals surface area contributed by atoms with Crippen molar-refractivity contribution >= 4 is 23.2 Å². The lowest BCUT2D eigenvalue weighted by Gasteiger charge is -2.30. The number of amides is 1. The number of ketones is 2. The molecule has 1 aliphatic carbocycles. The van der Waals surface area contributed by atoms with Crippen LogP contribution in [0.4, 0.5) is 5.69 Å². The van der Waals surface area contributed by atoms with E-state index >= 15 is 0 Å². The van der Waals surface area contributed by atoms with Crippen LogP contribution in [-0.2, 0) is 4.79 Å². The van der Waals surface area contributed by atoms with Crippen molar-refractivity contribution in [2.24, 2.45) is 5.92 Å². The highest BCUT2D eigenvalue weighted by Gasteiger charge is 2.31. The van der Waals surface area contributed by atoms with Crippen LogP contribution in [0.3, 0.4) is 0 Å². The van der Waals surface area contributed by atoms with Crippen molar-refractivity contribution in [3.63, 3.8) is 0 Å². The molecule has 0 spiro atoms. The molecule has 4 rings (SSSR count). The van der Waals surface area contributed by atoms with Crippen molar-refractivity contribution in [2.45, 2.75) is 19.8 Å². The van der Waals surface area contributed by atoms with Crippen LogP contribution in [0, 0.1) is 5.92 Å². The van der Waals surface area contributed by atoms with Gasteiger partial charge in [-0.3, -0.25) is 19.3 Å². The van der Waals surface area contributed by atoms with Crippen LogP contribution < -0.4 is 5.32 Å². The van der Waals surface area contributed by atoms with Gasteiger partial charge in [0.15, 0.2) is 11.6 Å². The summed E-state index contributed by atoms with van der Waals surface area (Å²) in [4.78, 5) is 40.4. The van der Waals surface area contributed by atoms with E-state index in [1.807, 2.05) is 0 Å². The van der Waals surface area contributed by atoms with E-state index in [4.69, 9.17) is 0 Å². The minimum atomic E-state index is -0.220. The number of nitrogens with one attached hydrogen (secondary N) is 1. The third kappa shape index (κ3) is 3.30. The topological polar surface area (TPSA) is 66.5 Å². The zero-order valence-corrected chi connectivity index (χ0v) is 15.3. The number of benzene rings is 2. The summed E-state index contributed by atoms with van der Waals surface area (Å²) in [5, 5.41) is 2.86. The Morgan fingerprint density at radius 3 is 2.48 bits per heavy atom. The molecule has 1 aliphatic heterocycles. The maximum Gasteiger partial charge on any atom is 0.238 e. The Hall–Kier alpha value is -2.79. The van der Waals surface area contributed by atoms with E-state index in [0.717, 1.165) is 19.5 Å². The van der Waals surface area contributed by atoms with Crippen LogP contribution in [0.2, 0.25) is 0 Å². The average molecular weight is 362 g/mol. The zero-order valence-electron chi connectivity index (χ0n) is 15.3. The van der Waals surface area contributed by atoms with Crippen molar-refractivity contribution in [1.29, 1.82) is 0 Å². The molecule has 1 heterocycles. The fourth-order valence-corrected chi connectivity index (χ4v) is 4.07. The van der Waals surface area contributed by atoms with Gasteiger partial charge < -0.3 is 5.32 Å². The second kappa shape index (κ2) is 7.08. The minimum Gasteiger partial charge on any atom is -0.324 e. The van der Waals surface area contributed by atoms with E-state index in [-0.39, 0.29) is 17.5 Å². The summed E-state index contributed by atoms with van der Waals surface area (Å²) in [6.45, 7) is 4.31. The molecule has 0 radical (unpaired) electrons. The summed E-state index contributed by atoms with van der Waals surface area (Å²) in [6.07, 6.45) is 2.29. The molecule has 1 atom stereocenters. The minimum absolute atomic E-state index is 0.156. The largest absolute Gasteiger partial charge is 0.324 e. The fourth-order valence-electron chi connectivity index (χ4n) is 4.07. The van der Waals surface area contributed by atoms with Crippen LogP contribution in [0.1, 0.15) is 51.6 Å². The summed E-state index contributed by atoms with van der Waals surface area (Å²) >= 11 is 0. The van der Waals surface area contributed by atoms with Crippen molar-refractivity contribution in [3.8, 4) is 0 Å². The molecule has 0 saturated carbocycles. The highest BCUT2D eigenvalue weighted by atomic mass is 16.2. The van der Waals surface area contributed by atoms with Gasteiger partial charge in [0.2, 0.25) is 5.91 Å². The maximum atomic E-state index is 13.0. The number of fused-ring (bicyclic) bond motifs is 2. The Kier molecular flexibility index (Phi) is 4.62. The molecule has 27 heavy (non-hydrogen) atoms. The first kappa shape index (κ1) is 17.6. The van der Waals surface area contributed by atoms with Gasteiger partial charge in [-0.25, -0.2) is 0 Å². The second-order valence-electron chi connectivity index (χ2n) is 7.46. The lowest BCUT2D eigenvalue weighted by molar-refractivity contribution is -0.117. The molecule has 2 aromatic carbocycles. The molecule has 138 valence electrons. The molecule has 1 unspecified atom stereocenters. The third-order valence-electron chi connectivity index (χ3n) is 5.33. The molecule has 0 aromatic heterocycles. The predicted molar refractivity (Wildman–Crippen MR) is 103 cm³/mol. The van der Waals surface area contributed by atoms with Gasteiger partial charge >= 0.3 is 0 Å². The Morgan fingerprint density at radius 2 is 1.74 bits per heavy atom. The van der Waals surface area contributed by atoms with Crippen LogP contribution in [-0.4, -0.2) is 42.0 Å². The third-order valence-corrected chi connectivity index (χ3v) is 5.33. The van der Waals surface area contributed by atoms with Crippen molar-refractivity contribution in [1.82, 2.24) is 4.90 Å². The second-order valence-corrected chi connectivity index (χ2v) is 7.46. The number of carbonyl (C=O) groups is 3. The van der Waals surface area contributed by atoms with Gasteiger partial charge in [0.05, 0.1) is 17.8 Å². The Morgan fingerprint density at radius 1 is 1.04 bits per heavy atom. The molecule has 1 amide bonds. The van der Waals surface area contributed by atoms with E-state index in [2.05, 4.69) is 17.1 Å². The Balaban J connectivity index is 1.59. The van der Waals surface area contributed by atoms with Gasteiger partial charge in [-0.2, -0.15) is 0 Å². The number of hydrogen-bond acceptors (Lipinski definition) is 4. The molecule has 1 saturated heterocycles. The first-order valence-electron chi connectivity index (χ1n) is 9.38. The lowest BCUT2D eigenvalue weighted by atomic mass is 9.83. The first-order chi connectivity index (χ1) is 13.0. The molecule has 1 N–H and O–H groups in total. The van der Waals surface area contributed by atoms with Crippen molar-refractivity contribution < 1.29 is 14.4 Å². The van der Waals surface area contributed by atoms with Crippen molar-refractivity contribution in [2.75, 3.05) is 25.0 Å². The number of likely N-dealkylation sites (tertiary alicyclic amines) is 1. The quantitative estimate of drug-likeness (QED) is 0.777. The van der Waals surface area contributed by atoms with Gasteiger partial charge in [0, 0.05) is 23.2 Å². The monoisotopic (exact) mass is 362 g/mol. The van der Waals surface area contributed by atoms with Gasteiger partial charge in [-0.05, 0) is 31.4 Å². The van der Waals surface area contributed by atoms with E-state index < -0.39 is 0 Å². The molecular weight excluding hydrogens is 340 g/mol. The summed E-state index contributed by atoms with van der Waals surface area (Å²) in [5.74, 6) is 0.0344. The smallest absolute Gasteiger partial charge is 0.238 e. The Labute approximate surface area is 158 Å². The molecule has 2 aliphatic rings. The maximum absolute atomic E-state index is 13.0. The van der Waals surface area contributed by atoms with Crippen LogP contribution >= 0.6 is 0 Å². The van der Waals surface area contributed by atoms with Gasteiger partial charge in [-0.1, -0.05) is 43.3 Å².